The van der Waals surface area contributed by atoms with Crippen LogP contribution >= 0.6 is 0 Å². The van der Waals surface area contributed by atoms with Crippen molar-refractivity contribution in [2.45, 2.75) is 99.2 Å². The summed E-state index contributed by atoms with van der Waals surface area (Å²) in [7, 11) is -2.33. The zero-order valence-electron chi connectivity index (χ0n) is 28.6. The molecule has 4 fully saturated rings. The second-order valence-electron chi connectivity index (χ2n) is 14.7. The molecule has 1 N–H and O–H groups in total. The topological polar surface area (TPSA) is 96.8 Å². The number of para-hydroxylation sites is 2. The summed E-state index contributed by atoms with van der Waals surface area (Å²) in [5.41, 5.74) is 4.06. The van der Waals surface area contributed by atoms with Gasteiger partial charge in [-0.3, -0.25) is 9.69 Å². The molecule has 3 aromatic carbocycles. The molecule has 4 heterocycles. The summed E-state index contributed by atoms with van der Waals surface area (Å²) >= 11 is 0. The lowest BCUT2D eigenvalue weighted by atomic mass is 9.70. The summed E-state index contributed by atoms with van der Waals surface area (Å²) in [5, 5.41) is 0. The first-order valence-corrected chi connectivity index (χ1v) is 19.5. The Morgan fingerprint density at radius 3 is 2.31 bits per heavy atom. The number of hydrogen-bond donors (Lipinski definition) is 1. The van der Waals surface area contributed by atoms with E-state index in [1.807, 2.05) is 4.90 Å². The number of carbonyl (C=O) groups excluding carboxylic acids is 1. The number of methoxy groups -OCH3 is 1. The summed E-state index contributed by atoms with van der Waals surface area (Å²) in [6.07, 6.45) is 9.30. The number of nitrogens with one attached hydrogen (secondary N) is 1. The van der Waals surface area contributed by atoms with E-state index in [9.17, 15) is 13.2 Å². The molecule has 1 unspecified atom stereocenters. The molecule has 9 nitrogen and oxygen atoms in total. The highest BCUT2D eigenvalue weighted by atomic mass is 32.2. The third kappa shape index (κ3) is 6.17. The quantitative estimate of drug-likeness (QED) is 0.213. The largest absolute Gasteiger partial charge is 0.495 e. The van der Waals surface area contributed by atoms with Crippen LogP contribution in [-0.4, -0.2) is 78.5 Å². The SMILES string of the molecule is COc1ccc(C(=O)N2CCC(CCN3[C@@H]4CC[C@H]3CC(n3c(C)nc5ccccc53)C4)(c3ccccc3)CC2)cc1S(=O)(=O)NC1CC1. The van der Waals surface area contributed by atoms with Crippen molar-refractivity contribution in [1.29, 1.82) is 0 Å². The van der Waals surface area contributed by atoms with Crippen molar-refractivity contribution in [2.24, 2.45) is 0 Å². The number of aryl methyl sites for hydroxylation is 1. The van der Waals surface area contributed by atoms with Gasteiger partial charge in [0.05, 0.1) is 18.1 Å². The van der Waals surface area contributed by atoms with E-state index in [2.05, 4.69) is 75.7 Å². The van der Waals surface area contributed by atoms with Gasteiger partial charge in [0.25, 0.3) is 5.91 Å². The first kappa shape index (κ1) is 32.5. The number of fused-ring (bicyclic) bond motifs is 3. The van der Waals surface area contributed by atoms with Crippen LogP contribution in [0, 0.1) is 6.92 Å². The normalized spacial score (nSPS) is 24.0. The van der Waals surface area contributed by atoms with E-state index in [-0.39, 0.29) is 28.0 Å². The molecule has 0 spiro atoms. The van der Waals surface area contributed by atoms with Crippen molar-refractivity contribution >= 4 is 27.0 Å². The number of amides is 1. The molecular weight excluding hydrogens is 635 g/mol. The Hall–Kier alpha value is -3.73. The number of sulfonamides is 1. The van der Waals surface area contributed by atoms with Crippen LogP contribution < -0.4 is 9.46 Å². The molecule has 10 heteroatoms. The summed E-state index contributed by atoms with van der Waals surface area (Å²) in [6, 6.07) is 25.8. The third-order valence-electron chi connectivity index (χ3n) is 11.8. The minimum Gasteiger partial charge on any atom is -0.495 e. The maximum Gasteiger partial charge on any atom is 0.253 e. The van der Waals surface area contributed by atoms with Gasteiger partial charge in [-0.15, -0.1) is 0 Å². The molecule has 1 saturated carbocycles. The van der Waals surface area contributed by atoms with Crippen LogP contribution in [-0.2, 0) is 15.4 Å². The Morgan fingerprint density at radius 2 is 1.61 bits per heavy atom. The molecule has 3 aliphatic heterocycles. The number of nitrogens with zero attached hydrogens (tertiary/aromatic N) is 4. The van der Waals surface area contributed by atoms with Gasteiger partial charge >= 0.3 is 0 Å². The average molecular weight is 682 g/mol. The summed E-state index contributed by atoms with van der Waals surface area (Å²) in [4.78, 5) is 23.5. The van der Waals surface area contributed by atoms with Crippen LogP contribution in [0.3, 0.4) is 0 Å². The lowest BCUT2D eigenvalue weighted by Gasteiger charge is -2.45. The zero-order valence-corrected chi connectivity index (χ0v) is 29.4. The summed E-state index contributed by atoms with van der Waals surface area (Å²) in [5.74, 6) is 1.23. The van der Waals surface area contributed by atoms with Crippen LogP contribution in [0.25, 0.3) is 11.0 Å². The third-order valence-corrected chi connectivity index (χ3v) is 13.4. The fraction of sp³-hybridized carbons (Fsp3) is 0.487. The van der Waals surface area contributed by atoms with Crippen molar-refractivity contribution in [3.63, 3.8) is 0 Å². The number of ether oxygens (including phenoxy) is 1. The molecule has 3 atom stereocenters. The number of rotatable bonds is 10. The van der Waals surface area contributed by atoms with Crippen molar-refractivity contribution in [3.05, 3.63) is 89.7 Å². The van der Waals surface area contributed by atoms with Crippen LogP contribution in [0.15, 0.2) is 77.7 Å². The molecule has 3 saturated heterocycles. The van der Waals surface area contributed by atoms with Gasteiger partial charge in [0, 0.05) is 42.8 Å². The fourth-order valence-electron chi connectivity index (χ4n) is 9.09. The molecule has 1 aliphatic carbocycles. The monoisotopic (exact) mass is 681 g/mol. The van der Waals surface area contributed by atoms with Gasteiger partial charge in [0.1, 0.15) is 16.5 Å². The summed E-state index contributed by atoms with van der Waals surface area (Å²) in [6.45, 7) is 4.47. The molecule has 0 radical (unpaired) electrons. The van der Waals surface area contributed by atoms with Crippen LogP contribution in [0.1, 0.15) is 85.6 Å². The smallest absolute Gasteiger partial charge is 0.253 e. The molecular formula is C39H47N5O4S. The van der Waals surface area contributed by atoms with Crippen LogP contribution in [0.2, 0.25) is 0 Å². The van der Waals surface area contributed by atoms with E-state index in [1.165, 1.54) is 37.1 Å². The lowest BCUT2D eigenvalue weighted by Crippen LogP contribution is -2.49. The number of likely N-dealkylation sites (tertiary alicyclic amines) is 1. The molecule has 49 heavy (non-hydrogen) atoms. The van der Waals surface area contributed by atoms with E-state index in [0.29, 0.717) is 36.8 Å². The summed E-state index contributed by atoms with van der Waals surface area (Å²) < 4.78 is 36.9. The lowest BCUT2D eigenvalue weighted by molar-refractivity contribution is 0.0606. The molecule has 2 bridgehead atoms. The van der Waals surface area contributed by atoms with E-state index >= 15 is 0 Å². The fourth-order valence-corrected chi connectivity index (χ4v) is 10.6. The first-order valence-electron chi connectivity index (χ1n) is 18.0. The maximum atomic E-state index is 13.8. The predicted molar refractivity (Wildman–Crippen MR) is 190 cm³/mol. The minimum atomic E-state index is -3.79. The molecule has 1 amide bonds. The van der Waals surface area contributed by atoms with E-state index in [1.54, 1.807) is 12.1 Å². The molecule has 1 aromatic heterocycles. The predicted octanol–water partition coefficient (Wildman–Crippen LogP) is 6.23. The van der Waals surface area contributed by atoms with Crippen molar-refractivity contribution in [1.82, 2.24) is 24.1 Å². The number of imidazole rings is 1. The highest BCUT2D eigenvalue weighted by molar-refractivity contribution is 7.89. The number of carbonyl (C=O) groups is 1. The first-order chi connectivity index (χ1) is 23.7. The Kier molecular flexibility index (Phi) is 8.53. The Balaban J connectivity index is 0.971. The van der Waals surface area contributed by atoms with Crippen LogP contribution in [0.5, 0.6) is 5.75 Å². The Morgan fingerprint density at radius 1 is 0.918 bits per heavy atom. The van der Waals surface area contributed by atoms with Gasteiger partial charge in [-0.2, -0.15) is 0 Å². The van der Waals surface area contributed by atoms with E-state index in [0.717, 1.165) is 62.8 Å². The van der Waals surface area contributed by atoms with Gasteiger partial charge < -0.3 is 14.2 Å². The van der Waals surface area contributed by atoms with Gasteiger partial charge in [0.15, 0.2) is 0 Å². The minimum absolute atomic E-state index is 0.0198. The Labute approximate surface area is 289 Å². The zero-order chi connectivity index (χ0) is 33.8. The Bertz CT molecular complexity index is 1930. The molecule has 258 valence electrons. The second kappa shape index (κ2) is 12.9. The van der Waals surface area contributed by atoms with Gasteiger partial charge in [-0.1, -0.05) is 42.5 Å². The van der Waals surface area contributed by atoms with E-state index in [4.69, 9.17) is 9.72 Å². The van der Waals surface area contributed by atoms with Crippen molar-refractivity contribution < 1.29 is 17.9 Å². The van der Waals surface area contributed by atoms with Gasteiger partial charge in [-0.05, 0) is 113 Å². The number of piperidine rings is 2. The highest BCUT2D eigenvalue weighted by Gasteiger charge is 2.44. The average Bonchev–Trinajstić information content (AvgIpc) is 3.81. The number of benzene rings is 3. The highest BCUT2D eigenvalue weighted by Crippen LogP contribution is 2.45. The number of hydrogen-bond acceptors (Lipinski definition) is 6. The van der Waals surface area contributed by atoms with Crippen LogP contribution in [0.4, 0.5) is 0 Å². The van der Waals surface area contributed by atoms with Crippen molar-refractivity contribution in [3.8, 4) is 5.75 Å². The molecule has 4 aliphatic rings. The standard InChI is InChI=1S/C39H47N5O4S/c1-27-40-34-10-6-7-11-35(34)44(27)33-25-31-15-16-32(26-33)43(31)23-20-39(29-8-4-3-5-9-29)18-21-42(22-19-39)38(45)28-12-17-36(48-2)37(24-28)49(46,47)41-30-13-14-30/h3-12,17,24,30-33,41H,13-16,18-23,25-26H2,1-2H3/t31-,32+,33?. The van der Waals surface area contributed by atoms with Gasteiger partial charge in [-0.25, -0.2) is 18.1 Å². The van der Waals surface area contributed by atoms with E-state index < -0.39 is 10.0 Å². The van der Waals surface area contributed by atoms with Crippen molar-refractivity contribution in [2.75, 3.05) is 26.7 Å². The molecule has 8 rings (SSSR count). The number of aromatic nitrogens is 2. The van der Waals surface area contributed by atoms with Gasteiger partial charge in [0.2, 0.25) is 10.0 Å². The molecule has 4 aromatic rings. The maximum absolute atomic E-state index is 13.8. The second-order valence-corrected chi connectivity index (χ2v) is 16.4.